The van der Waals surface area contributed by atoms with E-state index < -0.39 is 10.9 Å². The smallest absolute Gasteiger partial charge is 0.328 e. The van der Waals surface area contributed by atoms with Gasteiger partial charge in [-0.25, -0.2) is 0 Å². The summed E-state index contributed by atoms with van der Waals surface area (Å²) >= 11 is 0. The monoisotopic (exact) mass is 363 g/mol. The Balaban J connectivity index is 2.08. The van der Waals surface area contributed by atoms with Crippen LogP contribution in [0.25, 0.3) is 0 Å². The van der Waals surface area contributed by atoms with E-state index in [1.165, 1.54) is 18.7 Å². The van der Waals surface area contributed by atoms with E-state index in [4.69, 9.17) is 14.2 Å². The van der Waals surface area contributed by atoms with Gasteiger partial charge < -0.3 is 14.2 Å². The molecule has 1 heterocycles. The molecule has 0 saturated carbocycles. The van der Waals surface area contributed by atoms with Crippen molar-refractivity contribution < 1.29 is 23.9 Å². The minimum absolute atomic E-state index is 0.0480. The first-order valence-electron chi connectivity index (χ1n) is 7.84. The number of aryl methyl sites for hydroxylation is 2. The van der Waals surface area contributed by atoms with Gasteiger partial charge in [0, 0.05) is 0 Å². The SMILES string of the molecule is COc1cc(C)c(COC(=O)Cn2nc(C)c([N+](=O)[O-])c2C)cc1OC. The van der Waals surface area contributed by atoms with Crippen molar-refractivity contribution in [3.63, 3.8) is 0 Å². The van der Waals surface area contributed by atoms with Crippen molar-refractivity contribution in [3.8, 4) is 11.5 Å². The van der Waals surface area contributed by atoms with Gasteiger partial charge in [0.1, 0.15) is 24.5 Å². The summed E-state index contributed by atoms with van der Waals surface area (Å²) in [6.45, 7) is 4.79. The fraction of sp³-hybridized carbons (Fsp3) is 0.412. The van der Waals surface area contributed by atoms with Crippen LogP contribution >= 0.6 is 0 Å². The van der Waals surface area contributed by atoms with E-state index in [9.17, 15) is 14.9 Å². The number of carbonyl (C=O) groups excluding carboxylic acids is 1. The third kappa shape index (κ3) is 3.93. The van der Waals surface area contributed by atoms with E-state index in [0.29, 0.717) is 17.2 Å². The normalized spacial score (nSPS) is 10.5. The lowest BCUT2D eigenvalue weighted by Gasteiger charge is -2.13. The molecule has 0 unspecified atom stereocenters. The molecule has 0 atom stereocenters. The highest BCUT2D eigenvalue weighted by Gasteiger charge is 2.23. The van der Waals surface area contributed by atoms with Crippen molar-refractivity contribution in [2.75, 3.05) is 14.2 Å². The Morgan fingerprint density at radius 2 is 1.81 bits per heavy atom. The first-order valence-corrected chi connectivity index (χ1v) is 7.84. The van der Waals surface area contributed by atoms with Crippen LogP contribution in [-0.2, 0) is 22.7 Å². The standard InChI is InChI=1S/C17H21N3O6/c1-10-6-14(24-4)15(25-5)7-13(10)9-26-16(21)8-19-12(3)17(20(22)23)11(2)18-19/h6-7H,8-9H2,1-5H3. The van der Waals surface area contributed by atoms with Crippen LogP contribution in [-0.4, -0.2) is 34.9 Å². The Morgan fingerprint density at radius 3 is 2.35 bits per heavy atom. The summed E-state index contributed by atoms with van der Waals surface area (Å²) in [5.41, 5.74) is 2.14. The van der Waals surface area contributed by atoms with Gasteiger partial charge in [-0.05, 0) is 44.0 Å². The Kier molecular flexibility index (Phi) is 5.81. The van der Waals surface area contributed by atoms with Crippen LogP contribution in [0.15, 0.2) is 12.1 Å². The molecule has 0 aliphatic heterocycles. The number of carbonyl (C=O) groups is 1. The topological polar surface area (TPSA) is 106 Å². The van der Waals surface area contributed by atoms with Crippen LogP contribution in [0.5, 0.6) is 11.5 Å². The molecule has 140 valence electrons. The molecule has 0 aliphatic rings. The van der Waals surface area contributed by atoms with Gasteiger partial charge in [0.05, 0.1) is 19.1 Å². The van der Waals surface area contributed by atoms with Crippen LogP contribution in [0.2, 0.25) is 0 Å². The van der Waals surface area contributed by atoms with Crippen molar-refractivity contribution in [2.45, 2.75) is 33.9 Å². The van der Waals surface area contributed by atoms with E-state index in [0.717, 1.165) is 11.1 Å². The van der Waals surface area contributed by atoms with Crippen molar-refractivity contribution in [1.82, 2.24) is 9.78 Å². The highest BCUT2D eigenvalue weighted by Crippen LogP contribution is 2.30. The van der Waals surface area contributed by atoms with E-state index in [-0.39, 0.29) is 24.5 Å². The Hall–Kier alpha value is -3.10. The minimum Gasteiger partial charge on any atom is -0.493 e. The zero-order valence-corrected chi connectivity index (χ0v) is 15.4. The second-order valence-corrected chi connectivity index (χ2v) is 5.73. The van der Waals surface area contributed by atoms with Gasteiger partial charge in [0.2, 0.25) is 0 Å². The lowest BCUT2D eigenvalue weighted by atomic mass is 10.1. The molecular weight excluding hydrogens is 342 g/mol. The van der Waals surface area contributed by atoms with Crippen LogP contribution in [0.3, 0.4) is 0 Å². The first-order chi connectivity index (χ1) is 12.3. The van der Waals surface area contributed by atoms with Crippen molar-refractivity contribution >= 4 is 11.7 Å². The molecule has 0 radical (unpaired) electrons. The molecule has 1 aromatic carbocycles. The summed E-state index contributed by atoms with van der Waals surface area (Å²) < 4.78 is 17.0. The third-order valence-corrected chi connectivity index (χ3v) is 4.04. The summed E-state index contributed by atoms with van der Waals surface area (Å²) in [7, 11) is 3.07. The molecule has 0 bridgehead atoms. The zero-order chi connectivity index (χ0) is 19.4. The van der Waals surface area contributed by atoms with Gasteiger partial charge in [0.15, 0.2) is 11.5 Å². The third-order valence-electron chi connectivity index (χ3n) is 4.04. The lowest BCUT2D eigenvalue weighted by Crippen LogP contribution is -2.16. The van der Waals surface area contributed by atoms with E-state index in [1.54, 1.807) is 26.2 Å². The molecule has 9 heteroatoms. The molecule has 2 aromatic rings. The number of hydrogen-bond acceptors (Lipinski definition) is 7. The largest absolute Gasteiger partial charge is 0.493 e. The van der Waals surface area contributed by atoms with Crippen LogP contribution < -0.4 is 9.47 Å². The van der Waals surface area contributed by atoms with Gasteiger partial charge in [-0.1, -0.05) is 0 Å². The zero-order valence-electron chi connectivity index (χ0n) is 15.4. The van der Waals surface area contributed by atoms with Gasteiger partial charge >= 0.3 is 11.7 Å². The van der Waals surface area contributed by atoms with Crippen molar-refractivity contribution in [3.05, 3.63) is 44.8 Å². The second kappa shape index (κ2) is 7.85. The van der Waals surface area contributed by atoms with E-state index in [2.05, 4.69) is 5.10 Å². The summed E-state index contributed by atoms with van der Waals surface area (Å²) in [6.07, 6.45) is 0. The number of benzene rings is 1. The Bertz CT molecular complexity index is 844. The fourth-order valence-electron chi connectivity index (χ4n) is 2.61. The number of nitrogens with zero attached hydrogens (tertiary/aromatic N) is 3. The molecule has 0 amide bonds. The number of aromatic nitrogens is 2. The molecule has 9 nitrogen and oxygen atoms in total. The Labute approximate surface area is 150 Å². The Morgan fingerprint density at radius 1 is 1.19 bits per heavy atom. The highest BCUT2D eigenvalue weighted by molar-refractivity contribution is 5.69. The number of esters is 1. The average Bonchev–Trinajstić information content (AvgIpc) is 2.86. The predicted octanol–water partition coefficient (Wildman–Crippen LogP) is 2.48. The lowest BCUT2D eigenvalue weighted by molar-refractivity contribution is -0.386. The second-order valence-electron chi connectivity index (χ2n) is 5.73. The van der Waals surface area contributed by atoms with Gasteiger partial charge in [-0.2, -0.15) is 5.10 Å². The van der Waals surface area contributed by atoms with Crippen molar-refractivity contribution in [2.24, 2.45) is 0 Å². The van der Waals surface area contributed by atoms with E-state index >= 15 is 0 Å². The molecular formula is C17H21N3O6. The number of ether oxygens (including phenoxy) is 3. The average molecular weight is 363 g/mol. The summed E-state index contributed by atoms with van der Waals surface area (Å²) in [6, 6.07) is 3.54. The van der Waals surface area contributed by atoms with Crippen LogP contribution in [0.4, 0.5) is 5.69 Å². The van der Waals surface area contributed by atoms with E-state index in [1.807, 2.05) is 6.92 Å². The molecule has 2 rings (SSSR count). The van der Waals surface area contributed by atoms with Crippen molar-refractivity contribution in [1.29, 1.82) is 0 Å². The van der Waals surface area contributed by atoms with Gasteiger partial charge in [-0.3, -0.25) is 19.6 Å². The van der Waals surface area contributed by atoms with Gasteiger partial charge in [0.25, 0.3) is 0 Å². The summed E-state index contributed by atoms with van der Waals surface area (Å²) in [5, 5.41) is 15.0. The molecule has 0 N–H and O–H groups in total. The maximum absolute atomic E-state index is 12.1. The maximum atomic E-state index is 12.1. The van der Waals surface area contributed by atoms with Gasteiger partial charge in [-0.15, -0.1) is 0 Å². The number of hydrogen-bond donors (Lipinski definition) is 0. The number of methoxy groups -OCH3 is 2. The minimum atomic E-state index is -0.542. The molecule has 1 aromatic heterocycles. The molecule has 0 saturated heterocycles. The number of rotatable bonds is 7. The summed E-state index contributed by atoms with van der Waals surface area (Å²) in [5.74, 6) is 0.591. The van der Waals surface area contributed by atoms with Crippen LogP contribution in [0.1, 0.15) is 22.5 Å². The molecule has 0 aliphatic carbocycles. The quantitative estimate of drug-likeness (QED) is 0.422. The molecule has 26 heavy (non-hydrogen) atoms. The maximum Gasteiger partial charge on any atom is 0.328 e. The molecule has 0 spiro atoms. The first kappa shape index (κ1) is 19.2. The fourth-order valence-corrected chi connectivity index (χ4v) is 2.61. The summed E-state index contributed by atoms with van der Waals surface area (Å²) in [4.78, 5) is 22.6. The predicted molar refractivity (Wildman–Crippen MR) is 92.4 cm³/mol. The molecule has 0 fully saturated rings. The highest BCUT2D eigenvalue weighted by atomic mass is 16.6. The number of nitro groups is 1. The van der Waals surface area contributed by atoms with Crippen LogP contribution in [0, 0.1) is 30.9 Å².